The van der Waals surface area contributed by atoms with E-state index in [0.717, 1.165) is 48.3 Å². The van der Waals surface area contributed by atoms with E-state index in [1.165, 1.54) is 64.3 Å². The molecule has 0 aromatic rings. The van der Waals surface area contributed by atoms with Gasteiger partial charge in [-0.05, 0) is 138 Å². The fourth-order valence-electron chi connectivity index (χ4n) is 9.14. The fraction of sp³-hybridized carbons (Fsp3) is 1.00. The van der Waals surface area contributed by atoms with Crippen molar-refractivity contribution < 1.29 is 5.11 Å². The summed E-state index contributed by atoms with van der Waals surface area (Å²) in [6, 6.07) is 0. The Bertz CT molecular complexity index is 547. The molecule has 0 spiro atoms. The smallest absolute Gasteiger partial charge is 0.0543 e. The minimum atomic E-state index is -0.0117. The molecule has 4 aliphatic rings. The molecule has 0 aromatic heterocycles. The summed E-state index contributed by atoms with van der Waals surface area (Å²) in [5.41, 5.74) is 1.13. The lowest BCUT2D eigenvalue weighted by Gasteiger charge is -2.61. The van der Waals surface area contributed by atoms with E-state index in [0.29, 0.717) is 10.8 Å². The summed E-state index contributed by atoms with van der Waals surface area (Å²) in [4.78, 5) is 2.34. The summed E-state index contributed by atoms with van der Waals surface area (Å²) in [7, 11) is 4.42. The number of hydrogen-bond donors (Lipinski definition) is 1. The number of fused-ring (bicyclic) bond motifs is 5. The third kappa shape index (κ3) is 3.49. The second kappa shape index (κ2) is 7.88. The van der Waals surface area contributed by atoms with Gasteiger partial charge in [0.1, 0.15) is 0 Å². The van der Waals surface area contributed by atoms with Gasteiger partial charge in [0.2, 0.25) is 0 Å². The maximum absolute atomic E-state index is 10.2. The second-order valence-electron chi connectivity index (χ2n) is 12.2. The Kier molecular flexibility index (Phi) is 5.95. The Morgan fingerprint density at radius 3 is 2.39 bits per heavy atom. The Morgan fingerprint density at radius 2 is 1.64 bits per heavy atom. The van der Waals surface area contributed by atoms with Crippen molar-refractivity contribution in [3.05, 3.63) is 0 Å². The van der Waals surface area contributed by atoms with Gasteiger partial charge in [-0.1, -0.05) is 20.8 Å². The Hall–Kier alpha value is -0.0800. The van der Waals surface area contributed by atoms with Crippen molar-refractivity contribution in [1.29, 1.82) is 0 Å². The third-order valence-electron chi connectivity index (χ3n) is 10.7. The van der Waals surface area contributed by atoms with Crippen molar-refractivity contribution in [1.82, 2.24) is 4.90 Å². The second-order valence-corrected chi connectivity index (χ2v) is 12.2. The average molecular weight is 390 g/mol. The zero-order chi connectivity index (χ0) is 20.1. The first-order valence-electron chi connectivity index (χ1n) is 12.6. The van der Waals surface area contributed by atoms with Crippen LogP contribution in [-0.2, 0) is 0 Å². The van der Waals surface area contributed by atoms with Gasteiger partial charge >= 0.3 is 0 Å². The van der Waals surface area contributed by atoms with E-state index < -0.39 is 0 Å². The van der Waals surface area contributed by atoms with E-state index in [4.69, 9.17) is 0 Å². The van der Waals surface area contributed by atoms with E-state index in [2.05, 4.69) is 39.8 Å². The highest BCUT2D eigenvalue weighted by Gasteiger charge is 2.60. The Morgan fingerprint density at radius 1 is 0.929 bits per heavy atom. The van der Waals surface area contributed by atoms with Crippen LogP contribution in [0.5, 0.6) is 0 Å². The van der Waals surface area contributed by atoms with Crippen molar-refractivity contribution in [2.75, 3.05) is 20.6 Å². The highest BCUT2D eigenvalue weighted by atomic mass is 16.3. The Balaban J connectivity index is 1.46. The van der Waals surface area contributed by atoms with Crippen LogP contribution in [0.1, 0.15) is 91.4 Å². The molecular weight excluding hydrogens is 342 g/mol. The lowest BCUT2D eigenvalue weighted by Crippen LogP contribution is -2.54. The minimum absolute atomic E-state index is 0.0117. The standard InChI is InChI=1S/C26H47NO/c1-18(7-6-16-27(4)5)22-10-11-23-21-9-8-19-17-20(28)12-14-25(19,2)24(21)13-15-26(22,23)3/h18-24,28H,6-17H2,1-5H3/t18-,19?,20-,21+,22-,23+,24+,25+,26-/m1/s1. The third-order valence-corrected chi connectivity index (χ3v) is 10.7. The maximum atomic E-state index is 10.2. The van der Waals surface area contributed by atoms with Crippen LogP contribution in [0.2, 0.25) is 0 Å². The molecule has 0 saturated heterocycles. The normalized spacial score (nSPS) is 49.4. The van der Waals surface area contributed by atoms with E-state index in [-0.39, 0.29) is 6.10 Å². The molecule has 1 N–H and O–H groups in total. The number of nitrogens with zero attached hydrogens (tertiary/aromatic N) is 1. The van der Waals surface area contributed by atoms with Crippen LogP contribution in [-0.4, -0.2) is 36.8 Å². The van der Waals surface area contributed by atoms with Gasteiger partial charge in [-0.25, -0.2) is 0 Å². The molecule has 9 atom stereocenters. The van der Waals surface area contributed by atoms with Gasteiger partial charge < -0.3 is 10.0 Å². The van der Waals surface area contributed by atoms with Gasteiger partial charge in [0.15, 0.2) is 0 Å². The molecule has 0 bridgehead atoms. The molecule has 0 aromatic carbocycles. The first-order chi connectivity index (χ1) is 13.3. The number of aliphatic hydroxyl groups excluding tert-OH is 1. The van der Waals surface area contributed by atoms with Crippen LogP contribution in [0.25, 0.3) is 0 Å². The van der Waals surface area contributed by atoms with Crippen molar-refractivity contribution >= 4 is 0 Å². The average Bonchev–Trinajstić information content (AvgIpc) is 2.99. The number of rotatable bonds is 5. The van der Waals surface area contributed by atoms with E-state index in [1.807, 2.05) is 0 Å². The summed E-state index contributed by atoms with van der Waals surface area (Å²) in [6.45, 7) is 9.14. The molecule has 1 unspecified atom stereocenters. The lowest BCUT2D eigenvalue weighted by molar-refractivity contribution is -0.129. The summed E-state index contributed by atoms with van der Waals surface area (Å²) in [5, 5.41) is 10.2. The summed E-state index contributed by atoms with van der Waals surface area (Å²) < 4.78 is 0. The molecule has 0 radical (unpaired) electrons. The van der Waals surface area contributed by atoms with Crippen molar-refractivity contribution in [2.24, 2.45) is 46.3 Å². The highest BCUT2D eigenvalue weighted by Crippen LogP contribution is 2.68. The van der Waals surface area contributed by atoms with Crippen molar-refractivity contribution in [3.8, 4) is 0 Å². The predicted octanol–water partition coefficient (Wildman–Crippen LogP) is 5.98. The number of aliphatic hydroxyl groups is 1. The molecule has 0 amide bonds. The highest BCUT2D eigenvalue weighted by molar-refractivity contribution is 5.09. The number of hydrogen-bond acceptors (Lipinski definition) is 2. The molecule has 4 rings (SSSR count). The topological polar surface area (TPSA) is 23.5 Å². The lowest BCUT2D eigenvalue weighted by atomic mass is 9.44. The summed E-state index contributed by atoms with van der Waals surface area (Å²) in [5.74, 6) is 5.55. The molecule has 162 valence electrons. The van der Waals surface area contributed by atoms with Crippen LogP contribution < -0.4 is 0 Å². The van der Waals surface area contributed by atoms with Crippen LogP contribution >= 0.6 is 0 Å². The molecular formula is C26H47NO. The molecule has 2 nitrogen and oxygen atoms in total. The van der Waals surface area contributed by atoms with Crippen LogP contribution in [0.3, 0.4) is 0 Å². The SMILES string of the molecule is C[C@H](CCCN(C)C)[C@H]1CC[C@H]2[C@@H]3CCC4C[C@H](O)CC[C@]4(C)[C@H]3CC[C@]12C. The van der Waals surface area contributed by atoms with Crippen molar-refractivity contribution in [2.45, 2.75) is 97.5 Å². The quantitative estimate of drug-likeness (QED) is 0.625. The van der Waals surface area contributed by atoms with Crippen LogP contribution in [0, 0.1) is 46.3 Å². The van der Waals surface area contributed by atoms with Gasteiger partial charge in [0.25, 0.3) is 0 Å². The van der Waals surface area contributed by atoms with E-state index >= 15 is 0 Å². The predicted molar refractivity (Wildman–Crippen MR) is 118 cm³/mol. The van der Waals surface area contributed by atoms with Gasteiger partial charge in [0, 0.05) is 0 Å². The molecule has 28 heavy (non-hydrogen) atoms. The molecule has 4 fully saturated rings. The first-order valence-corrected chi connectivity index (χ1v) is 12.6. The molecule has 4 saturated carbocycles. The van der Waals surface area contributed by atoms with E-state index in [1.54, 1.807) is 0 Å². The summed E-state index contributed by atoms with van der Waals surface area (Å²) >= 11 is 0. The largest absolute Gasteiger partial charge is 0.393 e. The monoisotopic (exact) mass is 389 g/mol. The zero-order valence-electron chi connectivity index (χ0n) is 19.4. The van der Waals surface area contributed by atoms with E-state index in [9.17, 15) is 5.11 Å². The molecule has 0 aliphatic heterocycles. The first kappa shape index (κ1) is 21.2. The van der Waals surface area contributed by atoms with Gasteiger partial charge in [-0.2, -0.15) is 0 Å². The summed E-state index contributed by atoms with van der Waals surface area (Å²) in [6.07, 6.45) is 15.0. The fourth-order valence-corrected chi connectivity index (χ4v) is 9.14. The van der Waals surface area contributed by atoms with Gasteiger partial charge in [-0.15, -0.1) is 0 Å². The van der Waals surface area contributed by atoms with Crippen LogP contribution in [0.15, 0.2) is 0 Å². The van der Waals surface area contributed by atoms with Crippen molar-refractivity contribution in [3.63, 3.8) is 0 Å². The maximum Gasteiger partial charge on any atom is 0.0543 e. The molecule has 2 heteroatoms. The molecule has 4 aliphatic carbocycles. The van der Waals surface area contributed by atoms with Crippen LogP contribution in [0.4, 0.5) is 0 Å². The van der Waals surface area contributed by atoms with Gasteiger partial charge in [-0.3, -0.25) is 0 Å². The zero-order valence-corrected chi connectivity index (χ0v) is 19.4. The minimum Gasteiger partial charge on any atom is -0.393 e. The van der Waals surface area contributed by atoms with Gasteiger partial charge in [0.05, 0.1) is 6.10 Å². The molecule has 0 heterocycles. The Labute approximate surface area is 174 Å².